The Balaban J connectivity index is 1.87. The molecule has 0 unspecified atom stereocenters. The quantitative estimate of drug-likeness (QED) is 0.681. The minimum Gasteiger partial charge on any atom is -0.456 e. The molecule has 1 aliphatic rings. The number of nitrogens with zero attached hydrogens (tertiary/aromatic N) is 1. The summed E-state index contributed by atoms with van der Waals surface area (Å²) in [4.78, 5) is 3.30. The number of halogens is 1. The van der Waals surface area contributed by atoms with Crippen molar-refractivity contribution in [3.05, 3.63) is 58.4 Å². The normalized spacial score (nSPS) is 12.9. The molecule has 20 heavy (non-hydrogen) atoms. The molecule has 98 valence electrons. The molecular formula is C14H9BClNO3. The van der Waals surface area contributed by atoms with Crippen LogP contribution in [0.5, 0.6) is 11.5 Å². The van der Waals surface area contributed by atoms with Crippen LogP contribution in [0.3, 0.4) is 0 Å². The van der Waals surface area contributed by atoms with Gasteiger partial charge < -0.3 is 14.4 Å². The first-order chi connectivity index (χ1) is 9.67. The molecule has 1 aliphatic heterocycles. The summed E-state index contributed by atoms with van der Waals surface area (Å²) in [5.41, 5.74) is 2.11. The second-order valence-corrected chi connectivity index (χ2v) is 4.76. The van der Waals surface area contributed by atoms with E-state index >= 15 is 0 Å². The molecule has 2 aromatic carbocycles. The number of hydrogen-bond acceptors (Lipinski definition) is 3. The summed E-state index contributed by atoms with van der Waals surface area (Å²) in [6.07, 6.45) is 0. The molecule has 0 atom stereocenters. The lowest BCUT2D eigenvalue weighted by atomic mass is 9.80. The van der Waals surface area contributed by atoms with Crippen LogP contribution in [0.4, 0.5) is 5.69 Å². The Hall–Kier alpha value is -2.00. The molecule has 4 nitrogen and oxygen atoms in total. The molecule has 0 saturated heterocycles. The fraction of sp³-hybridized carbons (Fsp3) is 0.0714. The highest BCUT2D eigenvalue weighted by molar-refractivity contribution is 6.61. The Morgan fingerprint density at radius 1 is 1.30 bits per heavy atom. The van der Waals surface area contributed by atoms with Crippen molar-refractivity contribution in [3.63, 3.8) is 0 Å². The Morgan fingerprint density at radius 2 is 2.15 bits per heavy atom. The van der Waals surface area contributed by atoms with E-state index in [0.29, 0.717) is 28.8 Å². The van der Waals surface area contributed by atoms with Crippen LogP contribution in [0, 0.1) is 6.57 Å². The monoisotopic (exact) mass is 285 g/mol. The van der Waals surface area contributed by atoms with Crippen LogP contribution < -0.4 is 10.2 Å². The highest BCUT2D eigenvalue weighted by Crippen LogP contribution is 2.33. The Bertz CT molecular complexity index is 714. The summed E-state index contributed by atoms with van der Waals surface area (Å²) >= 11 is 6.07. The molecule has 0 saturated carbocycles. The van der Waals surface area contributed by atoms with Crippen LogP contribution >= 0.6 is 11.6 Å². The fourth-order valence-corrected chi connectivity index (χ4v) is 2.25. The zero-order valence-corrected chi connectivity index (χ0v) is 11.1. The van der Waals surface area contributed by atoms with Gasteiger partial charge in [0, 0.05) is 0 Å². The van der Waals surface area contributed by atoms with Crippen molar-refractivity contribution >= 4 is 29.9 Å². The molecule has 0 bridgehead atoms. The van der Waals surface area contributed by atoms with Crippen molar-refractivity contribution in [1.82, 2.24) is 0 Å². The summed E-state index contributed by atoms with van der Waals surface area (Å²) in [7, 11) is -0.861. The lowest BCUT2D eigenvalue weighted by Gasteiger charge is -2.09. The van der Waals surface area contributed by atoms with Crippen LogP contribution in [0.1, 0.15) is 5.56 Å². The van der Waals surface area contributed by atoms with E-state index in [2.05, 4.69) is 4.85 Å². The van der Waals surface area contributed by atoms with Crippen LogP contribution in [-0.4, -0.2) is 12.1 Å². The van der Waals surface area contributed by atoms with Crippen LogP contribution in [0.15, 0.2) is 36.4 Å². The van der Waals surface area contributed by atoms with Gasteiger partial charge in [-0.2, -0.15) is 0 Å². The van der Waals surface area contributed by atoms with Gasteiger partial charge in [-0.25, -0.2) is 4.85 Å². The van der Waals surface area contributed by atoms with Gasteiger partial charge >= 0.3 is 7.12 Å². The molecule has 1 N–H and O–H groups in total. The van der Waals surface area contributed by atoms with E-state index in [1.807, 2.05) is 6.07 Å². The predicted octanol–water partition coefficient (Wildman–Crippen LogP) is 2.90. The van der Waals surface area contributed by atoms with E-state index in [0.717, 1.165) is 11.0 Å². The highest BCUT2D eigenvalue weighted by Gasteiger charge is 2.27. The van der Waals surface area contributed by atoms with Crippen molar-refractivity contribution < 1.29 is 14.4 Å². The third kappa shape index (κ3) is 2.37. The lowest BCUT2D eigenvalue weighted by molar-refractivity contribution is 0.275. The predicted molar refractivity (Wildman–Crippen MR) is 76.6 cm³/mol. The summed E-state index contributed by atoms with van der Waals surface area (Å²) in [6.45, 7) is 7.28. The van der Waals surface area contributed by atoms with Crippen molar-refractivity contribution in [1.29, 1.82) is 0 Å². The highest BCUT2D eigenvalue weighted by atomic mass is 35.5. The van der Waals surface area contributed by atoms with E-state index in [1.54, 1.807) is 30.3 Å². The minimum absolute atomic E-state index is 0.359. The largest absolute Gasteiger partial charge is 0.491 e. The van der Waals surface area contributed by atoms with Crippen molar-refractivity contribution in [2.75, 3.05) is 0 Å². The maximum Gasteiger partial charge on any atom is 0.491 e. The number of hydrogen-bond donors (Lipinski definition) is 1. The first-order valence-electron chi connectivity index (χ1n) is 5.95. The average Bonchev–Trinajstić information content (AvgIpc) is 2.82. The maximum atomic E-state index is 9.55. The van der Waals surface area contributed by atoms with Gasteiger partial charge in [-0.3, -0.25) is 0 Å². The van der Waals surface area contributed by atoms with E-state index in [9.17, 15) is 5.02 Å². The third-order valence-corrected chi connectivity index (χ3v) is 3.34. The van der Waals surface area contributed by atoms with Gasteiger partial charge in [0.25, 0.3) is 0 Å². The van der Waals surface area contributed by atoms with Crippen molar-refractivity contribution in [2.24, 2.45) is 0 Å². The minimum atomic E-state index is -0.861. The summed E-state index contributed by atoms with van der Waals surface area (Å²) in [6, 6.07) is 10.2. The van der Waals surface area contributed by atoms with Gasteiger partial charge in [0.05, 0.1) is 18.2 Å². The van der Waals surface area contributed by atoms with Gasteiger partial charge in [-0.15, -0.1) is 0 Å². The number of ether oxygens (including phenoxy) is 1. The van der Waals surface area contributed by atoms with Gasteiger partial charge in [-0.1, -0.05) is 23.7 Å². The number of rotatable bonds is 2. The van der Waals surface area contributed by atoms with Gasteiger partial charge in [-0.05, 0) is 35.3 Å². The molecular weight excluding hydrogens is 276 g/mol. The summed E-state index contributed by atoms with van der Waals surface area (Å²) in [5, 5.41) is 9.94. The van der Waals surface area contributed by atoms with E-state index < -0.39 is 7.12 Å². The Morgan fingerprint density at radius 3 is 2.90 bits per heavy atom. The van der Waals surface area contributed by atoms with Crippen LogP contribution in [-0.2, 0) is 11.3 Å². The van der Waals surface area contributed by atoms with Crippen LogP contribution in [0.25, 0.3) is 4.85 Å². The standard InChI is InChI=1S/C14H9BClNO3/c1-17-10-2-5-14(13(16)7-10)20-11-3-4-12-9(6-11)8-19-15(12)18/h2-7,18H,8H2. The van der Waals surface area contributed by atoms with Crippen molar-refractivity contribution in [2.45, 2.75) is 6.61 Å². The number of fused-ring (bicyclic) bond motifs is 1. The molecule has 0 amide bonds. The first-order valence-corrected chi connectivity index (χ1v) is 6.32. The van der Waals surface area contributed by atoms with E-state index in [4.69, 9.17) is 27.6 Å². The molecule has 1 heterocycles. The van der Waals surface area contributed by atoms with Gasteiger partial charge in [0.2, 0.25) is 0 Å². The van der Waals surface area contributed by atoms with E-state index in [1.165, 1.54) is 0 Å². The molecule has 6 heteroatoms. The molecule has 2 aromatic rings. The average molecular weight is 285 g/mol. The number of benzene rings is 2. The summed E-state index contributed by atoms with van der Waals surface area (Å²) < 4.78 is 10.8. The Kier molecular flexibility index (Phi) is 3.37. The molecule has 0 radical (unpaired) electrons. The maximum absolute atomic E-state index is 9.55. The van der Waals surface area contributed by atoms with Crippen molar-refractivity contribution in [3.8, 4) is 11.5 Å². The SMILES string of the molecule is [C-]#[N+]c1ccc(Oc2ccc3c(c2)COB3O)c(Cl)c1. The topological polar surface area (TPSA) is 43.0 Å². The fourth-order valence-electron chi connectivity index (χ4n) is 2.04. The molecule has 3 rings (SSSR count). The zero-order chi connectivity index (χ0) is 14.1. The first kappa shape index (κ1) is 13.0. The zero-order valence-electron chi connectivity index (χ0n) is 10.3. The molecule has 0 spiro atoms. The molecule has 0 aromatic heterocycles. The van der Waals surface area contributed by atoms with Gasteiger partial charge in [0.1, 0.15) is 11.5 Å². The smallest absolute Gasteiger partial charge is 0.456 e. The molecule has 0 fully saturated rings. The lowest BCUT2D eigenvalue weighted by Crippen LogP contribution is -2.27. The second-order valence-electron chi connectivity index (χ2n) is 4.35. The Labute approximate surface area is 121 Å². The second kappa shape index (κ2) is 5.18. The third-order valence-electron chi connectivity index (χ3n) is 3.05. The van der Waals surface area contributed by atoms with E-state index in [-0.39, 0.29) is 0 Å². The van der Waals surface area contributed by atoms with Gasteiger partial charge in [0.15, 0.2) is 5.69 Å². The molecule has 0 aliphatic carbocycles. The summed E-state index contributed by atoms with van der Waals surface area (Å²) in [5.74, 6) is 1.09. The van der Waals surface area contributed by atoms with Crippen LogP contribution in [0.2, 0.25) is 5.02 Å².